The molecule has 0 radical (unpaired) electrons. The van der Waals surface area contributed by atoms with Gasteiger partial charge in [0.15, 0.2) is 0 Å². The van der Waals surface area contributed by atoms with Crippen LogP contribution in [0, 0.1) is 12.7 Å². The van der Waals surface area contributed by atoms with Crippen molar-refractivity contribution in [1.82, 2.24) is 5.32 Å². The van der Waals surface area contributed by atoms with Crippen molar-refractivity contribution in [2.45, 2.75) is 39.7 Å². The Labute approximate surface area is 91.7 Å². The molecule has 0 aliphatic carbocycles. The van der Waals surface area contributed by atoms with Crippen molar-refractivity contribution in [2.75, 3.05) is 6.54 Å². The normalized spacial score (nSPS) is 15.0. The SMILES string of the molecule is CCNC(C)C(C)c1cc(C)ccc1F. The minimum Gasteiger partial charge on any atom is -0.314 e. The Morgan fingerprint density at radius 3 is 2.60 bits per heavy atom. The fraction of sp³-hybridized carbons (Fsp3) is 0.538. The summed E-state index contributed by atoms with van der Waals surface area (Å²) in [5, 5.41) is 3.32. The zero-order valence-electron chi connectivity index (χ0n) is 9.97. The predicted molar refractivity (Wildman–Crippen MR) is 62.7 cm³/mol. The minimum atomic E-state index is -0.0992. The highest BCUT2D eigenvalue weighted by atomic mass is 19.1. The molecule has 0 fully saturated rings. The largest absolute Gasteiger partial charge is 0.314 e. The van der Waals surface area contributed by atoms with Crippen molar-refractivity contribution >= 4 is 0 Å². The van der Waals surface area contributed by atoms with Crippen LogP contribution in [0.4, 0.5) is 4.39 Å². The van der Waals surface area contributed by atoms with Crippen LogP contribution in [0.25, 0.3) is 0 Å². The molecule has 0 aromatic heterocycles. The van der Waals surface area contributed by atoms with Crippen molar-refractivity contribution < 1.29 is 4.39 Å². The van der Waals surface area contributed by atoms with E-state index in [1.54, 1.807) is 6.07 Å². The fourth-order valence-corrected chi connectivity index (χ4v) is 1.78. The lowest BCUT2D eigenvalue weighted by atomic mass is 9.93. The van der Waals surface area contributed by atoms with Crippen LogP contribution in [0.3, 0.4) is 0 Å². The first-order valence-electron chi connectivity index (χ1n) is 5.55. The summed E-state index contributed by atoms with van der Waals surface area (Å²) in [6.45, 7) is 9.13. The zero-order chi connectivity index (χ0) is 11.4. The maximum absolute atomic E-state index is 13.6. The molecule has 0 aliphatic rings. The Morgan fingerprint density at radius 1 is 1.33 bits per heavy atom. The second kappa shape index (κ2) is 5.26. The first-order valence-corrected chi connectivity index (χ1v) is 5.55. The second-order valence-corrected chi connectivity index (χ2v) is 4.16. The lowest BCUT2D eigenvalue weighted by molar-refractivity contribution is 0.475. The van der Waals surface area contributed by atoms with E-state index in [2.05, 4.69) is 26.1 Å². The van der Waals surface area contributed by atoms with E-state index in [1.807, 2.05) is 19.1 Å². The van der Waals surface area contributed by atoms with Crippen LogP contribution < -0.4 is 5.32 Å². The van der Waals surface area contributed by atoms with Crippen molar-refractivity contribution in [3.8, 4) is 0 Å². The maximum Gasteiger partial charge on any atom is 0.126 e. The molecule has 84 valence electrons. The van der Waals surface area contributed by atoms with Gasteiger partial charge in [0.2, 0.25) is 0 Å². The van der Waals surface area contributed by atoms with Crippen LogP contribution in [0.2, 0.25) is 0 Å². The summed E-state index contributed by atoms with van der Waals surface area (Å²) in [4.78, 5) is 0. The Kier molecular flexibility index (Phi) is 4.28. The lowest BCUT2D eigenvalue weighted by Crippen LogP contribution is -2.31. The highest BCUT2D eigenvalue weighted by Gasteiger charge is 2.16. The number of benzene rings is 1. The molecule has 15 heavy (non-hydrogen) atoms. The highest BCUT2D eigenvalue weighted by Crippen LogP contribution is 2.23. The quantitative estimate of drug-likeness (QED) is 0.802. The molecule has 2 atom stereocenters. The molecular formula is C13H20FN. The van der Waals surface area contributed by atoms with E-state index in [1.165, 1.54) is 0 Å². The van der Waals surface area contributed by atoms with Gasteiger partial charge in [0.1, 0.15) is 5.82 Å². The van der Waals surface area contributed by atoms with E-state index in [0.717, 1.165) is 17.7 Å². The van der Waals surface area contributed by atoms with E-state index in [-0.39, 0.29) is 11.7 Å². The fourth-order valence-electron chi connectivity index (χ4n) is 1.78. The van der Waals surface area contributed by atoms with Crippen molar-refractivity contribution in [2.24, 2.45) is 0 Å². The molecule has 0 spiro atoms. The molecule has 0 saturated heterocycles. The molecule has 2 heteroatoms. The lowest BCUT2D eigenvalue weighted by Gasteiger charge is -2.21. The van der Waals surface area contributed by atoms with Gasteiger partial charge in [-0.05, 0) is 37.9 Å². The van der Waals surface area contributed by atoms with Gasteiger partial charge < -0.3 is 5.32 Å². The molecule has 0 amide bonds. The zero-order valence-corrected chi connectivity index (χ0v) is 9.97. The number of rotatable bonds is 4. The predicted octanol–water partition coefficient (Wildman–Crippen LogP) is 3.24. The Hall–Kier alpha value is -0.890. The summed E-state index contributed by atoms with van der Waals surface area (Å²) >= 11 is 0. The molecule has 0 saturated carbocycles. The molecule has 0 bridgehead atoms. The number of halogens is 1. The topological polar surface area (TPSA) is 12.0 Å². The Bertz CT molecular complexity index is 322. The summed E-state index contributed by atoms with van der Waals surface area (Å²) in [6.07, 6.45) is 0. The van der Waals surface area contributed by atoms with Gasteiger partial charge in [0.25, 0.3) is 0 Å². The van der Waals surface area contributed by atoms with E-state index < -0.39 is 0 Å². The van der Waals surface area contributed by atoms with Gasteiger partial charge in [-0.3, -0.25) is 0 Å². The second-order valence-electron chi connectivity index (χ2n) is 4.16. The van der Waals surface area contributed by atoms with E-state index in [9.17, 15) is 4.39 Å². The molecule has 0 heterocycles. The summed E-state index contributed by atoms with van der Waals surface area (Å²) in [5.74, 6) is 0.0997. The van der Waals surface area contributed by atoms with Gasteiger partial charge in [-0.25, -0.2) is 4.39 Å². The van der Waals surface area contributed by atoms with Gasteiger partial charge in [-0.2, -0.15) is 0 Å². The molecule has 2 unspecified atom stereocenters. The first kappa shape index (κ1) is 12.2. The van der Waals surface area contributed by atoms with Crippen LogP contribution in [0.15, 0.2) is 18.2 Å². The van der Waals surface area contributed by atoms with Gasteiger partial charge in [-0.15, -0.1) is 0 Å². The Morgan fingerprint density at radius 2 is 2.00 bits per heavy atom. The minimum absolute atomic E-state index is 0.0992. The standard InChI is InChI=1S/C13H20FN/c1-5-15-11(4)10(3)12-8-9(2)6-7-13(12)14/h6-8,10-11,15H,5H2,1-4H3. The summed E-state index contributed by atoms with van der Waals surface area (Å²) < 4.78 is 13.6. The average Bonchev–Trinajstić information content (AvgIpc) is 2.21. The summed E-state index contributed by atoms with van der Waals surface area (Å²) in [7, 11) is 0. The van der Waals surface area contributed by atoms with E-state index >= 15 is 0 Å². The van der Waals surface area contributed by atoms with Crippen LogP contribution in [0.5, 0.6) is 0 Å². The van der Waals surface area contributed by atoms with Crippen LogP contribution in [-0.4, -0.2) is 12.6 Å². The van der Waals surface area contributed by atoms with Gasteiger partial charge >= 0.3 is 0 Å². The van der Waals surface area contributed by atoms with Gasteiger partial charge in [0, 0.05) is 6.04 Å². The summed E-state index contributed by atoms with van der Waals surface area (Å²) in [5.41, 5.74) is 1.92. The molecule has 1 aromatic carbocycles. The molecule has 1 aromatic rings. The van der Waals surface area contributed by atoms with Crippen LogP contribution in [0.1, 0.15) is 37.8 Å². The highest BCUT2D eigenvalue weighted by molar-refractivity contribution is 5.27. The van der Waals surface area contributed by atoms with E-state index in [0.29, 0.717) is 6.04 Å². The first-order chi connectivity index (χ1) is 7.06. The summed E-state index contributed by atoms with van der Waals surface area (Å²) in [6, 6.07) is 5.60. The van der Waals surface area contributed by atoms with Crippen LogP contribution >= 0.6 is 0 Å². The smallest absolute Gasteiger partial charge is 0.126 e. The number of aryl methyl sites for hydroxylation is 1. The maximum atomic E-state index is 13.6. The molecule has 1 rings (SSSR count). The third-order valence-corrected chi connectivity index (χ3v) is 2.92. The number of hydrogen-bond donors (Lipinski definition) is 1. The van der Waals surface area contributed by atoms with E-state index in [4.69, 9.17) is 0 Å². The third kappa shape index (κ3) is 3.03. The average molecular weight is 209 g/mol. The molecular weight excluding hydrogens is 189 g/mol. The van der Waals surface area contributed by atoms with Crippen molar-refractivity contribution in [3.05, 3.63) is 35.1 Å². The van der Waals surface area contributed by atoms with Crippen LogP contribution in [-0.2, 0) is 0 Å². The Balaban J connectivity index is 2.89. The van der Waals surface area contributed by atoms with Gasteiger partial charge in [0.05, 0.1) is 0 Å². The number of likely N-dealkylation sites (N-methyl/N-ethyl adjacent to an activating group) is 1. The van der Waals surface area contributed by atoms with Crippen molar-refractivity contribution in [3.63, 3.8) is 0 Å². The van der Waals surface area contributed by atoms with Crippen molar-refractivity contribution in [1.29, 1.82) is 0 Å². The molecule has 0 aliphatic heterocycles. The van der Waals surface area contributed by atoms with Gasteiger partial charge in [-0.1, -0.05) is 31.5 Å². The monoisotopic (exact) mass is 209 g/mol. The third-order valence-electron chi connectivity index (χ3n) is 2.92. The number of hydrogen-bond acceptors (Lipinski definition) is 1. The molecule has 1 nitrogen and oxygen atoms in total. The number of nitrogens with one attached hydrogen (secondary N) is 1. The molecule has 1 N–H and O–H groups in total.